The lowest BCUT2D eigenvalue weighted by Gasteiger charge is -2.13. The Morgan fingerprint density at radius 3 is 2.71 bits per heavy atom. The zero-order chi connectivity index (χ0) is 12.7. The predicted octanol–water partition coefficient (Wildman–Crippen LogP) is 3.35. The van der Waals surface area contributed by atoms with E-state index >= 15 is 0 Å². The van der Waals surface area contributed by atoms with Crippen LogP contribution in [0.4, 0.5) is 0 Å². The fourth-order valence-corrected chi connectivity index (χ4v) is 2.88. The second-order valence-corrected chi connectivity index (χ2v) is 5.25. The first-order chi connectivity index (χ1) is 8.19. The van der Waals surface area contributed by atoms with Gasteiger partial charge in [0.25, 0.3) is 0 Å². The summed E-state index contributed by atoms with van der Waals surface area (Å²) >= 11 is 7.00. The van der Waals surface area contributed by atoms with Gasteiger partial charge in [0.15, 0.2) is 0 Å². The fourth-order valence-electron chi connectivity index (χ4n) is 1.45. The average Bonchev–Trinajstić information content (AvgIpc) is 2.29. The molecule has 1 aromatic rings. The maximum atomic E-state index is 5.64. The third kappa shape index (κ3) is 4.95. The topological polar surface area (TPSA) is 30.5 Å². The first kappa shape index (κ1) is 15.0. The molecule has 0 unspecified atom stereocenters. The zero-order valence-corrected chi connectivity index (χ0v) is 13.2. The van der Waals surface area contributed by atoms with Crippen molar-refractivity contribution in [2.24, 2.45) is 0 Å². The van der Waals surface area contributed by atoms with Crippen LogP contribution in [0.25, 0.3) is 0 Å². The third-order valence-corrected chi connectivity index (χ3v) is 3.22. The van der Waals surface area contributed by atoms with Crippen molar-refractivity contribution in [3.05, 3.63) is 26.6 Å². The van der Waals surface area contributed by atoms with Crippen molar-refractivity contribution in [2.75, 3.05) is 26.9 Å². The fraction of sp³-hybridized carbons (Fsp3) is 0.500. The molecule has 0 saturated heterocycles. The molecule has 5 heteroatoms. The summed E-state index contributed by atoms with van der Waals surface area (Å²) in [7, 11) is 1.70. The van der Waals surface area contributed by atoms with Crippen LogP contribution in [0.1, 0.15) is 12.5 Å². The second kappa shape index (κ2) is 8.08. The Labute approximate surface area is 119 Å². The van der Waals surface area contributed by atoms with Crippen molar-refractivity contribution >= 4 is 31.9 Å². The van der Waals surface area contributed by atoms with Crippen molar-refractivity contribution in [3.63, 3.8) is 0 Å². The van der Waals surface area contributed by atoms with E-state index in [0.29, 0.717) is 13.2 Å². The Kier molecular flexibility index (Phi) is 7.11. The minimum absolute atomic E-state index is 0.658. The van der Waals surface area contributed by atoms with E-state index in [1.54, 1.807) is 7.11 Å². The van der Waals surface area contributed by atoms with Crippen LogP contribution in [0.5, 0.6) is 5.75 Å². The maximum Gasteiger partial charge on any atom is 0.138 e. The van der Waals surface area contributed by atoms with Crippen LogP contribution in [0, 0.1) is 0 Å². The van der Waals surface area contributed by atoms with Crippen LogP contribution >= 0.6 is 31.9 Å². The van der Waals surface area contributed by atoms with Gasteiger partial charge in [-0.3, -0.25) is 0 Å². The number of hydrogen-bond donors (Lipinski definition) is 1. The number of ether oxygens (including phenoxy) is 2. The van der Waals surface area contributed by atoms with Crippen LogP contribution in [0.2, 0.25) is 0 Å². The highest BCUT2D eigenvalue weighted by Crippen LogP contribution is 2.32. The lowest BCUT2D eigenvalue weighted by molar-refractivity contribution is 0.199. The van der Waals surface area contributed by atoms with Gasteiger partial charge in [-0.05, 0) is 35.0 Å². The van der Waals surface area contributed by atoms with Crippen LogP contribution in [-0.2, 0) is 11.3 Å². The Balaban J connectivity index is 2.73. The quantitative estimate of drug-likeness (QED) is 0.750. The molecule has 1 rings (SSSR count). The molecule has 0 aliphatic heterocycles. The van der Waals surface area contributed by atoms with Gasteiger partial charge in [0, 0.05) is 30.2 Å². The summed E-state index contributed by atoms with van der Waals surface area (Å²) in [5.74, 6) is 0.903. The molecule has 0 fully saturated rings. The predicted molar refractivity (Wildman–Crippen MR) is 76.6 cm³/mol. The Morgan fingerprint density at radius 2 is 2.06 bits per heavy atom. The van der Waals surface area contributed by atoms with Crippen molar-refractivity contribution in [1.82, 2.24) is 5.32 Å². The Hall–Kier alpha value is -0.100. The third-order valence-electron chi connectivity index (χ3n) is 2.17. The van der Waals surface area contributed by atoms with E-state index in [-0.39, 0.29) is 0 Å². The second-order valence-electron chi connectivity index (χ2n) is 3.48. The maximum absolute atomic E-state index is 5.64. The van der Waals surface area contributed by atoms with E-state index < -0.39 is 0 Å². The van der Waals surface area contributed by atoms with Gasteiger partial charge < -0.3 is 14.8 Å². The molecule has 0 saturated carbocycles. The van der Waals surface area contributed by atoms with Gasteiger partial charge in [-0.15, -0.1) is 0 Å². The minimum Gasteiger partial charge on any atom is -0.492 e. The van der Waals surface area contributed by atoms with Gasteiger partial charge in [0.05, 0.1) is 17.7 Å². The van der Waals surface area contributed by atoms with Gasteiger partial charge in [-0.1, -0.05) is 15.9 Å². The highest BCUT2D eigenvalue weighted by atomic mass is 79.9. The molecule has 0 heterocycles. The van der Waals surface area contributed by atoms with Crippen molar-refractivity contribution in [2.45, 2.75) is 13.5 Å². The Morgan fingerprint density at radius 1 is 1.29 bits per heavy atom. The molecule has 0 aliphatic carbocycles. The van der Waals surface area contributed by atoms with Gasteiger partial charge in [0.2, 0.25) is 0 Å². The molecule has 0 atom stereocenters. The minimum atomic E-state index is 0.658. The molecular weight excluding hydrogens is 350 g/mol. The summed E-state index contributed by atoms with van der Waals surface area (Å²) in [6, 6.07) is 4.05. The molecule has 0 bridgehead atoms. The molecule has 0 aliphatic rings. The van der Waals surface area contributed by atoms with Crippen LogP contribution in [0.15, 0.2) is 21.1 Å². The van der Waals surface area contributed by atoms with Gasteiger partial charge in [-0.25, -0.2) is 0 Å². The lowest BCUT2D eigenvalue weighted by atomic mass is 10.2. The smallest absolute Gasteiger partial charge is 0.138 e. The highest BCUT2D eigenvalue weighted by Gasteiger charge is 2.09. The van der Waals surface area contributed by atoms with Gasteiger partial charge in [0.1, 0.15) is 5.75 Å². The number of halogens is 2. The largest absolute Gasteiger partial charge is 0.492 e. The van der Waals surface area contributed by atoms with E-state index in [1.165, 1.54) is 0 Å². The van der Waals surface area contributed by atoms with Crippen LogP contribution in [0.3, 0.4) is 0 Å². The first-order valence-electron chi connectivity index (χ1n) is 5.49. The van der Waals surface area contributed by atoms with Crippen LogP contribution in [-0.4, -0.2) is 26.9 Å². The van der Waals surface area contributed by atoms with E-state index in [0.717, 1.165) is 33.3 Å². The van der Waals surface area contributed by atoms with Crippen LogP contribution < -0.4 is 10.1 Å². The molecule has 1 aromatic carbocycles. The van der Waals surface area contributed by atoms with E-state index in [1.807, 2.05) is 13.0 Å². The average molecular weight is 367 g/mol. The number of benzene rings is 1. The molecule has 0 aromatic heterocycles. The standard InChI is InChI=1S/C12H17Br2NO2/c1-3-17-12-9(8-15-4-5-16-2)6-10(13)7-11(12)14/h6-7,15H,3-5,8H2,1-2H3. The number of nitrogens with one attached hydrogen (secondary N) is 1. The van der Waals surface area contributed by atoms with Gasteiger partial charge >= 0.3 is 0 Å². The Bertz CT molecular complexity index is 359. The molecule has 0 radical (unpaired) electrons. The van der Waals surface area contributed by atoms with E-state index in [9.17, 15) is 0 Å². The summed E-state index contributed by atoms with van der Waals surface area (Å²) in [6.07, 6.45) is 0. The molecule has 0 amide bonds. The van der Waals surface area contributed by atoms with Gasteiger partial charge in [-0.2, -0.15) is 0 Å². The monoisotopic (exact) mass is 365 g/mol. The summed E-state index contributed by atoms with van der Waals surface area (Å²) in [5.41, 5.74) is 1.13. The summed E-state index contributed by atoms with van der Waals surface area (Å²) in [5, 5.41) is 3.31. The van der Waals surface area contributed by atoms with Crippen molar-refractivity contribution in [3.8, 4) is 5.75 Å². The van der Waals surface area contributed by atoms with E-state index in [2.05, 4.69) is 43.2 Å². The number of rotatable bonds is 7. The van der Waals surface area contributed by atoms with E-state index in [4.69, 9.17) is 9.47 Å². The zero-order valence-electron chi connectivity index (χ0n) is 10.1. The molecule has 96 valence electrons. The molecular formula is C12H17Br2NO2. The molecule has 17 heavy (non-hydrogen) atoms. The normalized spacial score (nSPS) is 10.6. The van der Waals surface area contributed by atoms with Crippen molar-refractivity contribution < 1.29 is 9.47 Å². The molecule has 1 N–H and O–H groups in total. The molecule has 3 nitrogen and oxygen atoms in total. The highest BCUT2D eigenvalue weighted by molar-refractivity contribution is 9.11. The first-order valence-corrected chi connectivity index (χ1v) is 7.08. The van der Waals surface area contributed by atoms with Crippen molar-refractivity contribution in [1.29, 1.82) is 0 Å². The molecule has 0 spiro atoms. The lowest BCUT2D eigenvalue weighted by Crippen LogP contribution is -2.19. The SMILES string of the molecule is CCOc1c(Br)cc(Br)cc1CNCCOC. The summed E-state index contributed by atoms with van der Waals surface area (Å²) in [4.78, 5) is 0. The summed E-state index contributed by atoms with van der Waals surface area (Å²) in [6.45, 7) is 4.93. The number of methoxy groups -OCH3 is 1. The number of hydrogen-bond acceptors (Lipinski definition) is 3. The summed E-state index contributed by atoms with van der Waals surface area (Å²) < 4.78 is 12.6.